The largest absolute Gasteiger partial charge is 0.445 e. The van der Waals surface area contributed by atoms with Crippen molar-refractivity contribution in [2.24, 2.45) is 0 Å². The van der Waals surface area contributed by atoms with E-state index in [1.165, 1.54) is 0 Å². The van der Waals surface area contributed by atoms with Crippen LogP contribution >= 0.6 is 0 Å². The monoisotopic (exact) mass is 325 g/mol. The first kappa shape index (κ1) is 15.3. The van der Waals surface area contributed by atoms with Gasteiger partial charge in [0.25, 0.3) is 10.2 Å². The van der Waals surface area contributed by atoms with E-state index in [1.807, 2.05) is 30.3 Å². The minimum atomic E-state index is -3.44. The second-order valence-corrected chi connectivity index (χ2v) is 7.27. The van der Waals surface area contributed by atoms with Crippen LogP contribution in [-0.4, -0.2) is 44.6 Å². The van der Waals surface area contributed by atoms with E-state index in [1.54, 1.807) is 4.90 Å². The van der Waals surface area contributed by atoms with Crippen LogP contribution in [-0.2, 0) is 21.6 Å². The summed E-state index contributed by atoms with van der Waals surface area (Å²) in [4.78, 5) is 13.8. The van der Waals surface area contributed by atoms with Gasteiger partial charge in [-0.1, -0.05) is 30.3 Å². The molecule has 0 radical (unpaired) electrons. The smallest absolute Gasteiger partial charge is 0.410 e. The third-order valence-corrected chi connectivity index (χ3v) is 5.22. The molecule has 0 unspecified atom stereocenters. The molecule has 22 heavy (non-hydrogen) atoms. The molecule has 0 aromatic heterocycles. The summed E-state index contributed by atoms with van der Waals surface area (Å²) in [5.41, 5.74) is 0.314. The molecule has 1 aromatic rings. The molecule has 3 rings (SSSR count). The third-order valence-electron chi connectivity index (χ3n) is 3.99. The van der Waals surface area contributed by atoms with E-state index in [0.29, 0.717) is 26.1 Å². The predicted molar refractivity (Wildman–Crippen MR) is 80.2 cm³/mol. The Morgan fingerprint density at radius 2 is 2.09 bits per heavy atom. The summed E-state index contributed by atoms with van der Waals surface area (Å²) in [5.74, 6) is 0. The fourth-order valence-corrected chi connectivity index (χ4v) is 4.26. The number of ether oxygens (including phenoxy) is 1. The highest BCUT2D eigenvalue weighted by molar-refractivity contribution is 7.87. The van der Waals surface area contributed by atoms with Gasteiger partial charge < -0.3 is 9.64 Å². The van der Waals surface area contributed by atoms with Gasteiger partial charge in [-0.15, -0.1) is 0 Å². The second kappa shape index (κ2) is 5.86. The second-order valence-electron chi connectivity index (χ2n) is 5.77. The lowest BCUT2D eigenvalue weighted by Crippen LogP contribution is -2.57. The SMILES string of the molecule is O=C(OCc1ccccc1)N1CCC[C@@]2(CNS(=O)(=O)N2)C1. The number of hydrogen-bond acceptors (Lipinski definition) is 4. The minimum Gasteiger partial charge on any atom is -0.445 e. The summed E-state index contributed by atoms with van der Waals surface area (Å²) >= 11 is 0. The van der Waals surface area contributed by atoms with Crippen molar-refractivity contribution in [1.29, 1.82) is 0 Å². The predicted octanol–water partition coefficient (Wildman–Crippen LogP) is 0.595. The van der Waals surface area contributed by atoms with E-state index in [2.05, 4.69) is 9.44 Å². The summed E-state index contributed by atoms with van der Waals surface area (Å²) < 4.78 is 33.5. The molecule has 7 nitrogen and oxygen atoms in total. The van der Waals surface area contributed by atoms with Crippen molar-refractivity contribution in [1.82, 2.24) is 14.3 Å². The Morgan fingerprint density at radius 1 is 1.32 bits per heavy atom. The fourth-order valence-electron chi connectivity index (χ4n) is 2.92. The van der Waals surface area contributed by atoms with Crippen LogP contribution in [0.2, 0.25) is 0 Å². The fraction of sp³-hybridized carbons (Fsp3) is 0.500. The van der Waals surface area contributed by atoms with Gasteiger partial charge >= 0.3 is 6.09 Å². The Hall–Kier alpha value is -1.64. The Labute approximate surface area is 129 Å². The van der Waals surface area contributed by atoms with Crippen LogP contribution in [0, 0.1) is 0 Å². The molecule has 1 aromatic carbocycles. The number of carbonyl (C=O) groups excluding carboxylic acids is 1. The number of likely N-dealkylation sites (tertiary alicyclic amines) is 1. The van der Waals surface area contributed by atoms with Gasteiger partial charge in [-0.3, -0.25) is 0 Å². The van der Waals surface area contributed by atoms with E-state index in [0.717, 1.165) is 12.0 Å². The maximum atomic E-state index is 12.2. The average molecular weight is 325 g/mol. The number of nitrogens with zero attached hydrogens (tertiary/aromatic N) is 1. The Morgan fingerprint density at radius 3 is 2.77 bits per heavy atom. The highest BCUT2D eigenvalue weighted by Gasteiger charge is 2.45. The molecule has 2 saturated heterocycles. The van der Waals surface area contributed by atoms with Crippen molar-refractivity contribution >= 4 is 16.3 Å². The molecule has 1 spiro atoms. The molecular formula is C14H19N3O4S. The quantitative estimate of drug-likeness (QED) is 0.833. The highest BCUT2D eigenvalue weighted by atomic mass is 32.2. The lowest BCUT2D eigenvalue weighted by Gasteiger charge is -2.38. The number of benzene rings is 1. The van der Waals surface area contributed by atoms with Crippen LogP contribution in [0.25, 0.3) is 0 Å². The van der Waals surface area contributed by atoms with Crippen molar-refractivity contribution < 1.29 is 17.9 Å². The Bertz CT molecular complexity index is 649. The van der Waals surface area contributed by atoms with Gasteiger partial charge in [0.15, 0.2) is 0 Å². The molecular weight excluding hydrogens is 306 g/mol. The zero-order valence-electron chi connectivity index (χ0n) is 12.1. The molecule has 2 heterocycles. The van der Waals surface area contributed by atoms with E-state index in [4.69, 9.17) is 4.74 Å². The lowest BCUT2D eigenvalue weighted by atomic mass is 9.90. The Balaban J connectivity index is 1.59. The number of amides is 1. The average Bonchev–Trinajstić information content (AvgIpc) is 2.80. The summed E-state index contributed by atoms with van der Waals surface area (Å²) in [6.07, 6.45) is 1.04. The topological polar surface area (TPSA) is 87.7 Å². The number of hydrogen-bond donors (Lipinski definition) is 2. The number of piperidine rings is 1. The first-order valence-corrected chi connectivity index (χ1v) is 8.71. The van der Waals surface area contributed by atoms with Gasteiger partial charge in [0.1, 0.15) is 6.61 Å². The van der Waals surface area contributed by atoms with Gasteiger partial charge in [-0.25, -0.2) is 9.52 Å². The molecule has 1 amide bonds. The standard InChI is InChI=1S/C14H19N3O4S/c18-13(21-9-12-5-2-1-3-6-12)17-8-4-7-14(11-17)10-15-22(19,20)16-14/h1-3,5-6,15-16H,4,7-11H2/t14-/m1/s1. The highest BCUT2D eigenvalue weighted by Crippen LogP contribution is 2.25. The van der Waals surface area contributed by atoms with Gasteiger partial charge in [-0.05, 0) is 18.4 Å². The van der Waals surface area contributed by atoms with Crippen LogP contribution < -0.4 is 9.44 Å². The normalized spacial score (nSPS) is 27.0. The van der Waals surface area contributed by atoms with E-state index < -0.39 is 21.8 Å². The maximum absolute atomic E-state index is 12.2. The van der Waals surface area contributed by atoms with Crippen molar-refractivity contribution in [3.63, 3.8) is 0 Å². The van der Waals surface area contributed by atoms with E-state index >= 15 is 0 Å². The molecule has 2 aliphatic rings. The number of nitrogens with one attached hydrogen (secondary N) is 2. The summed E-state index contributed by atoms with van der Waals surface area (Å²) in [6.45, 7) is 1.43. The molecule has 0 aliphatic carbocycles. The van der Waals surface area contributed by atoms with Crippen LogP contribution in [0.1, 0.15) is 18.4 Å². The zero-order chi connectivity index (χ0) is 15.6. The van der Waals surface area contributed by atoms with E-state index in [9.17, 15) is 13.2 Å². The molecule has 2 fully saturated rings. The van der Waals surface area contributed by atoms with Gasteiger partial charge in [0.2, 0.25) is 0 Å². The lowest BCUT2D eigenvalue weighted by molar-refractivity contribution is 0.0728. The summed E-state index contributed by atoms with van der Waals surface area (Å²) in [5, 5.41) is 0. The van der Waals surface area contributed by atoms with Gasteiger partial charge in [-0.2, -0.15) is 13.1 Å². The minimum absolute atomic E-state index is 0.215. The number of carbonyl (C=O) groups is 1. The van der Waals surface area contributed by atoms with Crippen LogP contribution in [0.15, 0.2) is 30.3 Å². The number of rotatable bonds is 2. The molecule has 0 saturated carbocycles. The molecule has 2 aliphatic heterocycles. The van der Waals surface area contributed by atoms with Crippen LogP contribution in [0.4, 0.5) is 4.79 Å². The molecule has 1 atom stereocenters. The summed E-state index contributed by atoms with van der Waals surface area (Å²) in [6, 6.07) is 9.45. The molecule has 0 bridgehead atoms. The Kier molecular flexibility index (Phi) is 4.07. The maximum Gasteiger partial charge on any atom is 0.410 e. The molecule has 8 heteroatoms. The van der Waals surface area contributed by atoms with E-state index in [-0.39, 0.29) is 6.61 Å². The zero-order valence-corrected chi connectivity index (χ0v) is 12.9. The van der Waals surface area contributed by atoms with Crippen molar-refractivity contribution in [2.45, 2.75) is 25.0 Å². The van der Waals surface area contributed by atoms with Gasteiger partial charge in [0, 0.05) is 19.6 Å². The molecule has 2 N–H and O–H groups in total. The van der Waals surface area contributed by atoms with Crippen LogP contribution in [0.5, 0.6) is 0 Å². The summed E-state index contributed by atoms with van der Waals surface area (Å²) in [7, 11) is -3.44. The van der Waals surface area contributed by atoms with Crippen LogP contribution in [0.3, 0.4) is 0 Å². The molecule has 120 valence electrons. The third kappa shape index (κ3) is 3.40. The van der Waals surface area contributed by atoms with Crippen molar-refractivity contribution in [3.05, 3.63) is 35.9 Å². The first-order valence-electron chi connectivity index (χ1n) is 7.22. The van der Waals surface area contributed by atoms with Crippen molar-refractivity contribution in [2.75, 3.05) is 19.6 Å². The van der Waals surface area contributed by atoms with Crippen molar-refractivity contribution in [3.8, 4) is 0 Å². The first-order chi connectivity index (χ1) is 10.5. The van der Waals surface area contributed by atoms with Gasteiger partial charge in [0.05, 0.1) is 5.54 Å².